The minimum absolute atomic E-state index is 0.0291. The fraction of sp³-hybridized carbons (Fsp3) is 0.227. The maximum absolute atomic E-state index is 12.1. The number of hydrogen-bond acceptors (Lipinski definition) is 3. The first-order chi connectivity index (χ1) is 14.1. The first kappa shape index (κ1) is 24.5. The molecule has 0 aromatic rings. The molecule has 0 saturated carbocycles. The van der Waals surface area contributed by atoms with Gasteiger partial charge in [-0.25, -0.2) is 4.79 Å². The van der Waals surface area contributed by atoms with Crippen molar-refractivity contribution in [1.29, 1.82) is 0 Å². The van der Waals surface area contributed by atoms with E-state index >= 15 is 0 Å². The molecule has 5 nitrogen and oxygen atoms in total. The SMILES string of the molecule is C/C(=C\C(=O)O)C(=O)N(C)CC1=C=CC(OC(F)(F)F)=CC=C1.C1=CC=CCC=C1. The molecule has 160 valence electrons. The number of ether oxygens (including phenoxy) is 1. The number of hydrogen-bond donors (Lipinski definition) is 1. The number of carboxylic acid groups (broad SMARTS) is 1. The van der Waals surface area contributed by atoms with Crippen molar-refractivity contribution in [2.75, 3.05) is 13.6 Å². The number of allylic oxidation sites excluding steroid dienone is 9. The first-order valence-electron chi connectivity index (χ1n) is 8.83. The monoisotopic (exact) mass is 421 g/mol. The Morgan fingerprint density at radius 1 is 1.20 bits per heavy atom. The third-order valence-electron chi connectivity index (χ3n) is 3.50. The molecule has 1 N–H and O–H groups in total. The molecule has 0 atom stereocenters. The molecule has 30 heavy (non-hydrogen) atoms. The Labute approximate surface area is 172 Å². The lowest BCUT2D eigenvalue weighted by Crippen LogP contribution is -2.29. The summed E-state index contributed by atoms with van der Waals surface area (Å²) in [4.78, 5) is 23.7. The summed E-state index contributed by atoms with van der Waals surface area (Å²) in [6, 6.07) is 0. The fourth-order valence-electron chi connectivity index (χ4n) is 2.21. The van der Waals surface area contributed by atoms with Gasteiger partial charge in [0.05, 0.1) is 6.54 Å². The average molecular weight is 421 g/mol. The van der Waals surface area contributed by atoms with Crippen molar-refractivity contribution in [3.05, 3.63) is 89.5 Å². The fourth-order valence-corrected chi connectivity index (χ4v) is 2.21. The molecule has 0 unspecified atom stereocenters. The van der Waals surface area contributed by atoms with Crippen molar-refractivity contribution < 1.29 is 32.6 Å². The molecule has 0 spiro atoms. The van der Waals surface area contributed by atoms with Crippen LogP contribution in [0.1, 0.15) is 13.3 Å². The standard InChI is InChI=1S/C15H14F3NO4.C7H8/c1-10(8-13(20)21)14(22)19(2)9-11-4-3-5-12(7-6-11)23-15(16,17)18;1-2-4-6-7-5-3-1/h3-5,7-8H,9H2,1-2H3,(H,20,21);1-6H,7H2/b10-8+;. The van der Waals surface area contributed by atoms with Gasteiger partial charge in [-0.1, -0.05) is 42.5 Å². The van der Waals surface area contributed by atoms with Gasteiger partial charge in [0.1, 0.15) is 5.76 Å². The van der Waals surface area contributed by atoms with Crippen molar-refractivity contribution in [2.45, 2.75) is 19.7 Å². The van der Waals surface area contributed by atoms with Gasteiger partial charge in [0.2, 0.25) is 5.91 Å². The van der Waals surface area contributed by atoms with E-state index in [1.54, 1.807) is 0 Å². The maximum atomic E-state index is 12.1. The Balaban J connectivity index is 0.000000539. The van der Waals surface area contributed by atoms with Gasteiger partial charge >= 0.3 is 12.3 Å². The summed E-state index contributed by atoms with van der Waals surface area (Å²) in [7, 11) is 1.44. The topological polar surface area (TPSA) is 66.8 Å². The number of amides is 1. The lowest BCUT2D eigenvalue weighted by Gasteiger charge is -2.17. The van der Waals surface area contributed by atoms with Gasteiger partial charge in [-0.3, -0.25) is 4.79 Å². The Morgan fingerprint density at radius 3 is 2.40 bits per heavy atom. The van der Waals surface area contributed by atoms with Crippen molar-refractivity contribution in [3.8, 4) is 0 Å². The zero-order valence-corrected chi connectivity index (χ0v) is 16.5. The molecule has 0 fully saturated rings. The van der Waals surface area contributed by atoms with E-state index in [0.717, 1.165) is 24.6 Å². The number of rotatable bonds is 5. The number of aliphatic carboxylic acids is 1. The molecule has 0 bridgehead atoms. The molecule has 1 amide bonds. The van der Waals surface area contributed by atoms with Crippen LogP contribution in [0, 0.1) is 0 Å². The van der Waals surface area contributed by atoms with E-state index in [1.165, 1.54) is 31.0 Å². The number of likely N-dealkylation sites (N-methyl/N-ethyl adjacent to an activating group) is 1. The molecule has 0 saturated heterocycles. The summed E-state index contributed by atoms with van der Waals surface area (Å²) in [5.74, 6) is -2.19. The third-order valence-corrected chi connectivity index (χ3v) is 3.50. The lowest BCUT2D eigenvalue weighted by molar-refractivity contribution is -0.303. The normalized spacial score (nSPS) is 15.3. The van der Waals surface area contributed by atoms with Crippen LogP contribution in [0.3, 0.4) is 0 Å². The molecule has 0 aromatic carbocycles. The summed E-state index contributed by atoms with van der Waals surface area (Å²) < 4.78 is 40.2. The predicted molar refractivity (Wildman–Crippen MR) is 107 cm³/mol. The zero-order chi connectivity index (χ0) is 22.6. The Hall–Kier alpha value is -3.51. The van der Waals surface area contributed by atoms with E-state index in [1.807, 2.05) is 12.2 Å². The third kappa shape index (κ3) is 10.7. The number of alkyl halides is 3. The second kappa shape index (κ2) is 12.1. The highest BCUT2D eigenvalue weighted by Gasteiger charge is 2.31. The van der Waals surface area contributed by atoms with E-state index < -0.39 is 24.0 Å². The average Bonchev–Trinajstić information content (AvgIpc) is 3.06. The second-order valence-corrected chi connectivity index (χ2v) is 6.09. The van der Waals surface area contributed by atoms with Crippen LogP contribution in [0.15, 0.2) is 89.5 Å². The molecule has 0 radical (unpaired) electrons. The largest absolute Gasteiger partial charge is 0.573 e. The van der Waals surface area contributed by atoms with Crippen LogP contribution < -0.4 is 0 Å². The van der Waals surface area contributed by atoms with Crippen LogP contribution in [0.5, 0.6) is 0 Å². The van der Waals surface area contributed by atoms with Gasteiger partial charge in [0.25, 0.3) is 0 Å². The molecular weight excluding hydrogens is 399 g/mol. The molecule has 2 rings (SSSR count). The predicted octanol–water partition coefficient (Wildman–Crippen LogP) is 4.61. The minimum Gasteiger partial charge on any atom is -0.478 e. The molecule has 0 aliphatic heterocycles. The van der Waals surface area contributed by atoms with Gasteiger partial charge in [0, 0.05) is 30.3 Å². The van der Waals surface area contributed by atoms with E-state index in [9.17, 15) is 22.8 Å². The van der Waals surface area contributed by atoms with Crippen LogP contribution in [-0.4, -0.2) is 41.8 Å². The molecule has 2 aliphatic rings. The Bertz CT molecular complexity index is 867. The van der Waals surface area contributed by atoms with Gasteiger partial charge in [-0.05, 0) is 25.5 Å². The number of carboxylic acids is 1. The molecule has 8 heteroatoms. The first-order valence-corrected chi connectivity index (χ1v) is 8.83. The van der Waals surface area contributed by atoms with E-state index in [-0.39, 0.29) is 12.1 Å². The highest BCUT2D eigenvalue weighted by atomic mass is 19.4. The van der Waals surface area contributed by atoms with E-state index in [0.29, 0.717) is 5.57 Å². The summed E-state index contributed by atoms with van der Waals surface area (Å²) in [6.45, 7) is 1.40. The van der Waals surface area contributed by atoms with Crippen LogP contribution in [-0.2, 0) is 14.3 Å². The van der Waals surface area contributed by atoms with Gasteiger partial charge in [-0.2, -0.15) is 0 Å². The molecule has 0 aromatic heterocycles. The summed E-state index contributed by atoms with van der Waals surface area (Å²) >= 11 is 0. The maximum Gasteiger partial charge on any atom is 0.573 e. The van der Waals surface area contributed by atoms with Crippen molar-refractivity contribution in [2.24, 2.45) is 0 Å². The van der Waals surface area contributed by atoms with Crippen molar-refractivity contribution >= 4 is 11.9 Å². The highest BCUT2D eigenvalue weighted by molar-refractivity contribution is 5.98. The van der Waals surface area contributed by atoms with Gasteiger partial charge < -0.3 is 14.7 Å². The minimum atomic E-state index is -4.80. The summed E-state index contributed by atoms with van der Waals surface area (Å²) in [5, 5.41) is 8.60. The Morgan fingerprint density at radius 2 is 1.83 bits per heavy atom. The van der Waals surface area contributed by atoms with E-state index in [4.69, 9.17) is 5.11 Å². The lowest BCUT2D eigenvalue weighted by atomic mass is 10.2. The van der Waals surface area contributed by atoms with Crippen LogP contribution >= 0.6 is 0 Å². The molecule has 2 aliphatic carbocycles. The summed E-state index contributed by atoms with van der Waals surface area (Å²) in [6.07, 6.45) is 14.4. The molecular formula is C22H22F3NO4. The van der Waals surface area contributed by atoms with Crippen molar-refractivity contribution in [1.82, 2.24) is 4.90 Å². The number of carbonyl (C=O) groups excluding carboxylic acids is 1. The van der Waals surface area contributed by atoms with Crippen molar-refractivity contribution in [3.63, 3.8) is 0 Å². The van der Waals surface area contributed by atoms with Gasteiger partial charge in [0.15, 0.2) is 0 Å². The number of halogens is 3. The Kier molecular flexibility index (Phi) is 9.92. The van der Waals surface area contributed by atoms with Gasteiger partial charge in [-0.15, -0.1) is 18.9 Å². The quantitative estimate of drug-likeness (QED) is 0.520. The zero-order valence-electron chi connectivity index (χ0n) is 16.5. The number of nitrogens with zero attached hydrogens (tertiary/aromatic N) is 1. The van der Waals surface area contributed by atoms with Crippen LogP contribution in [0.25, 0.3) is 0 Å². The van der Waals surface area contributed by atoms with Crippen LogP contribution in [0.4, 0.5) is 13.2 Å². The van der Waals surface area contributed by atoms with Crippen LogP contribution in [0.2, 0.25) is 0 Å². The van der Waals surface area contributed by atoms with E-state index in [2.05, 4.69) is 34.8 Å². The number of carbonyl (C=O) groups is 2. The summed E-state index contributed by atoms with van der Waals surface area (Å²) in [5.41, 5.74) is 3.06. The second-order valence-electron chi connectivity index (χ2n) is 6.09. The highest BCUT2D eigenvalue weighted by Crippen LogP contribution is 2.22. The molecule has 0 heterocycles. The smallest absolute Gasteiger partial charge is 0.478 e.